The third kappa shape index (κ3) is 10.9. The molecule has 1 aromatic carbocycles. The summed E-state index contributed by atoms with van der Waals surface area (Å²) in [4.78, 5) is 25.1. The Hall–Kier alpha value is -1.53. The van der Waals surface area contributed by atoms with Gasteiger partial charge in [0.25, 0.3) is 19.4 Å². The van der Waals surface area contributed by atoms with Crippen LogP contribution in [-0.2, 0) is 48.9 Å². The first-order chi connectivity index (χ1) is 9.53. The minimum Gasteiger partial charge on any atom is -0.483 e. The van der Waals surface area contributed by atoms with Gasteiger partial charge in [-0.3, -0.25) is 14.4 Å². The van der Waals surface area contributed by atoms with E-state index in [1.165, 1.54) is 31.2 Å². The average Bonchev–Trinajstić information content (AvgIpc) is 2.69. The van der Waals surface area contributed by atoms with Gasteiger partial charge in [-0.05, 0) is 0 Å². The number of hydrogen-bond donors (Lipinski definition) is 3. The first-order valence-electron chi connectivity index (χ1n) is 6.02. The molecule has 0 fully saturated rings. The molecular weight excluding hydrogens is 312 g/mol. The van der Waals surface area contributed by atoms with Crippen LogP contribution in [-0.4, -0.2) is 34.7 Å². The SMILES string of the molecule is Cc1cc2c([c-]1C)CCCC2.O=CO.O=CO.O=CO.[Ti]. The zero-order valence-electron chi connectivity index (χ0n) is 12.2. The summed E-state index contributed by atoms with van der Waals surface area (Å²) in [7, 11) is 0. The van der Waals surface area contributed by atoms with E-state index in [0.717, 1.165) is 0 Å². The standard InChI is InChI=1S/C11H15.3CH2O2.Ti/c1-8-7-10-5-3-4-6-11(10)9(8)2;3*2-1-3;/h7H,3-6H2,1-2H3;3*1H,(H,2,3);/q-1;;;;. The monoisotopic (exact) mass is 333 g/mol. The predicted molar refractivity (Wildman–Crippen MR) is 74.2 cm³/mol. The molecular formula is C14H21O6Ti-. The molecule has 0 atom stereocenters. The van der Waals surface area contributed by atoms with Crippen molar-refractivity contribution >= 4 is 19.4 Å². The van der Waals surface area contributed by atoms with Gasteiger partial charge in [-0.1, -0.05) is 39.5 Å². The minimum absolute atomic E-state index is 0. The molecule has 118 valence electrons. The summed E-state index contributed by atoms with van der Waals surface area (Å²) in [6.45, 7) is 3.74. The zero-order valence-corrected chi connectivity index (χ0v) is 13.8. The number of aryl methyl sites for hydroxylation is 2. The average molecular weight is 333 g/mol. The molecule has 1 aromatic rings. The molecule has 0 heterocycles. The van der Waals surface area contributed by atoms with Crippen LogP contribution in [0.5, 0.6) is 0 Å². The van der Waals surface area contributed by atoms with Gasteiger partial charge < -0.3 is 15.3 Å². The van der Waals surface area contributed by atoms with Gasteiger partial charge in [0.1, 0.15) is 0 Å². The predicted octanol–water partition coefficient (Wildman–Crippen LogP) is 2.00. The molecule has 7 heteroatoms. The molecule has 0 radical (unpaired) electrons. The van der Waals surface area contributed by atoms with Gasteiger partial charge >= 0.3 is 0 Å². The van der Waals surface area contributed by atoms with E-state index in [2.05, 4.69) is 19.9 Å². The van der Waals surface area contributed by atoms with E-state index >= 15 is 0 Å². The molecule has 0 spiro atoms. The Balaban J connectivity index is -0.000000276. The molecule has 2 rings (SSSR count). The summed E-state index contributed by atoms with van der Waals surface area (Å²) in [5.41, 5.74) is 6.34. The summed E-state index contributed by atoms with van der Waals surface area (Å²) in [6.07, 6.45) is 5.45. The van der Waals surface area contributed by atoms with Gasteiger partial charge in [-0.15, -0.1) is 0 Å². The maximum absolute atomic E-state index is 8.36. The summed E-state index contributed by atoms with van der Waals surface area (Å²) in [6, 6.07) is 2.38. The van der Waals surface area contributed by atoms with Crippen molar-refractivity contribution in [1.82, 2.24) is 0 Å². The fourth-order valence-electron chi connectivity index (χ4n) is 2.12. The van der Waals surface area contributed by atoms with E-state index in [4.69, 9.17) is 29.7 Å². The summed E-state index contributed by atoms with van der Waals surface area (Å²) < 4.78 is 0. The maximum Gasteiger partial charge on any atom is 0.290 e. The van der Waals surface area contributed by atoms with Crippen LogP contribution in [0, 0.1) is 13.8 Å². The van der Waals surface area contributed by atoms with Gasteiger partial charge in [-0.2, -0.15) is 22.3 Å². The quantitative estimate of drug-likeness (QED) is 0.380. The van der Waals surface area contributed by atoms with Crippen molar-refractivity contribution in [3.05, 3.63) is 28.3 Å². The zero-order chi connectivity index (χ0) is 16.0. The van der Waals surface area contributed by atoms with Gasteiger partial charge in [0.15, 0.2) is 0 Å². The largest absolute Gasteiger partial charge is 0.483 e. The fourth-order valence-corrected chi connectivity index (χ4v) is 2.12. The van der Waals surface area contributed by atoms with Crippen molar-refractivity contribution < 1.29 is 51.4 Å². The Labute approximate surface area is 139 Å². The molecule has 0 amide bonds. The first kappa shape index (κ1) is 24.5. The smallest absolute Gasteiger partial charge is 0.290 e. The van der Waals surface area contributed by atoms with Crippen molar-refractivity contribution in [1.29, 1.82) is 0 Å². The number of rotatable bonds is 0. The third-order valence-corrected chi connectivity index (χ3v) is 2.95. The van der Waals surface area contributed by atoms with E-state index in [1.807, 2.05) is 0 Å². The van der Waals surface area contributed by atoms with E-state index in [9.17, 15) is 0 Å². The Bertz CT molecular complexity index is 386. The summed E-state index contributed by atoms with van der Waals surface area (Å²) >= 11 is 0. The molecule has 0 bridgehead atoms. The second-order valence-corrected chi connectivity index (χ2v) is 3.98. The van der Waals surface area contributed by atoms with Crippen LogP contribution < -0.4 is 0 Å². The normalized spacial score (nSPS) is 10.4. The molecule has 1 aliphatic carbocycles. The van der Waals surface area contributed by atoms with Crippen molar-refractivity contribution in [3.63, 3.8) is 0 Å². The van der Waals surface area contributed by atoms with Crippen molar-refractivity contribution in [2.45, 2.75) is 39.5 Å². The van der Waals surface area contributed by atoms with Crippen LogP contribution in [0.15, 0.2) is 6.07 Å². The molecule has 0 saturated carbocycles. The topological polar surface area (TPSA) is 112 Å². The van der Waals surface area contributed by atoms with Crippen molar-refractivity contribution in [2.75, 3.05) is 0 Å². The van der Waals surface area contributed by atoms with E-state index in [0.29, 0.717) is 0 Å². The Kier molecular flexibility index (Phi) is 19.3. The molecule has 0 saturated heterocycles. The summed E-state index contributed by atoms with van der Waals surface area (Å²) in [5.74, 6) is 0. The summed E-state index contributed by atoms with van der Waals surface area (Å²) in [5, 5.41) is 20.7. The molecule has 6 nitrogen and oxygen atoms in total. The third-order valence-electron chi connectivity index (χ3n) is 2.95. The number of fused-ring (bicyclic) bond motifs is 1. The van der Waals surface area contributed by atoms with Crippen LogP contribution >= 0.6 is 0 Å². The van der Waals surface area contributed by atoms with Crippen LogP contribution in [0.1, 0.15) is 35.1 Å². The van der Waals surface area contributed by atoms with Crippen molar-refractivity contribution in [3.8, 4) is 0 Å². The second kappa shape index (κ2) is 16.5. The molecule has 3 N–H and O–H groups in total. The Morgan fingerprint density at radius 3 is 1.76 bits per heavy atom. The van der Waals surface area contributed by atoms with Crippen LogP contribution in [0.3, 0.4) is 0 Å². The van der Waals surface area contributed by atoms with Gasteiger partial charge in [-0.25, -0.2) is 6.07 Å². The minimum atomic E-state index is -0.250. The number of hydrogen-bond acceptors (Lipinski definition) is 3. The van der Waals surface area contributed by atoms with Gasteiger partial charge in [0.2, 0.25) is 0 Å². The number of carbonyl (C=O) groups is 3. The van der Waals surface area contributed by atoms with Crippen molar-refractivity contribution in [2.24, 2.45) is 0 Å². The molecule has 1 aliphatic rings. The van der Waals surface area contributed by atoms with E-state index < -0.39 is 0 Å². The maximum atomic E-state index is 8.36. The Morgan fingerprint density at radius 1 is 1.00 bits per heavy atom. The molecule has 0 aliphatic heterocycles. The van der Waals surface area contributed by atoms with Crippen LogP contribution in [0.2, 0.25) is 0 Å². The van der Waals surface area contributed by atoms with Gasteiger partial charge in [0.05, 0.1) is 0 Å². The molecule has 0 unspecified atom stereocenters. The molecule has 21 heavy (non-hydrogen) atoms. The van der Waals surface area contributed by atoms with Crippen LogP contribution in [0.25, 0.3) is 0 Å². The Morgan fingerprint density at radius 2 is 1.38 bits per heavy atom. The van der Waals surface area contributed by atoms with Gasteiger partial charge in [0, 0.05) is 21.7 Å². The fraction of sp³-hybridized carbons (Fsp3) is 0.429. The second-order valence-electron chi connectivity index (χ2n) is 3.98. The first-order valence-corrected chi connectivity index (χ1v) is 6.02. The van der Waals surface area contributed by atoms with E-state index in [1.54, 1.807) is 16.7 Å². The van der Waals surface area contributed by atoms with E-state index in [-0.39, 0.29) is 41.1 Å². The van der Waals surface area contributed by atoms with Crippen LogP contribution in [0.4, 0.5) is 0 Å². The number of carboxylic acid groups (broad SMARTS) is 3. The molecule has 0 aromatic heterocycles.